The van der Waals surface area contributed by atoms with Crippen molar-refractivity contribution < 1.29 is 22.7 Å². The summed E-state index contributed by atoms with van der Waals surface area (Å²) in [6.45, 7) is 1.18. The molecule has 0 aliphatic carbocycles. The Morgan fingerprint density at radius 2 is 1.96 bits per heavy atom. The smallest absolute Gasteiger partial charge is 0.339 e. The van der Waals surface area contributed by atoms with Gasteiger partial charge in [0.15, 0.2) is 6.61 Å². The molecule has 0 aromatic heterocycles. The van der Waals surface area contributed by atoms with Crippen molar-refractivity contribution in [2.75, 3.05) is 11.9 Å². The number of nitrogens with one attached hydrogen (secondary N) is 1. The molecule has 0 radical (unpaired) electrons. The topological polar surface area (TPSA) is 116 Å². The van der Waals surface area contributed by atoms with Crippen molar-refractivity contribution in [2.45, 2.75) is 11.8 Å². The number of esters is 1. The maximum atomic E-state index is 12.1. The second-order valence-corrected chi connectivity index (χ2v) is 8.05. The highest BCUT2D eigenvalue weighted by Gasteiger charge is 2.18. The summed E-state index contributed by atoms with van der Waals surface area (Å²) in [6.07, 6.45) is 0. The predicted molar refractivity (Wildman–Crippen MR) is 101 cm³/mol. The lowest BCUT2D eigenvalue weighted by Gasteiger charge is -2.10. The summed E-state index contributed by atoms with van der Waals surface area (Å²) >= 11 is 9.10. The third kappa shape index (κ3) is 5.04. The molecule has 2 aromatic rings. The molecule has 0 saturated carbocycles. The number of amides is 1. The van der Waals surface area contributed by atoms with Gasteiger partial charge in [-0.25, -0.2) is 18.4 Å². The minimum Gasteiger partial charge on any atom is -0.452 e. The fourth-order valence-corrected chi connectivity index (χ4v) is 3.10. The summed E-state index contributed by atoms with van der Waals surface area (Å²) in [5.74, 6) is -1.44. The molecule has 1 amide bonds. The Morgan fingerprint density at radius 3 is 2.62 bits per heavy atom. The molecule has 2 aromatic carbocycles. The number of primary sulfonamides is 1. The molecule has 3 N–H and O–H groups in total. The van der Waals surface area contributed by atoms with E-state index in [0.717, 1.165) is 6.07 Å². The maximum absolute atomic E-state index is 12.1. The van der Waals surface area contributed by atoms with Crippen molar-refractivity contribution in [2.24, 2.45) is 5.14 Å². The van der Waals surface area contributed by atoms with E-state index in [-0.39, 0.29) is 10.5 Å². The first-order valence-corrected chi connectivity index (χ1v) is 9.86. The van der Waals surface area contributed by atoms with E-state index < -0.39 is 28.5 Å². The minimum absolute atomic E-state index is 0.0664. The van der Waals surface area contributed by atoms with Crippen LogP contribution in [0.1, 0.15) is 15.9 Å². The van der Waals surface area contributed by atoms with Crippen LogP contribution in [0, 0.1) is 6.92 Å². The summed E-state index contributed by atoms with van der Waals surface area (Å²) in [6, 6.07) is 8.68. The molecule has 10 heteroatoms. The molecule has 0 bridgehead atoms. The standard InChI is InChI=1S/C16H14BrClN2O5S/c1-9-13(18)3-2-4-14(9)20-15(21)8-25-16(22)11-7-10(26(19,23)24)5-6-12(11)17/h2-7H,8H2,1H3,(H,20,21)(H2,19,23,24). The molecule has 26 heavy (non-hydrogen) atoms. The van der Waals surface area contributed by atoms with E-state index in [4.69, 9.17) is 21.5 Å². The number of ether oxygens (including phenoxy) is 1. The molecule has 0 aliphatic rings. The SMILES string of the molecule is Cc1c(Cl)cccc1NC(=O)COC(=O)c1cc(S(N)(=O)=O)ccc1Br. The highest BCUT2D eigenvalue weighted by Crippen LogP contribution is 2.23. The van der Waals surface area contributed by atoms with Gasteiger partial charge in [0.25, 0.3) is 5.91 Å². The van der Waals surface area contributed by atoms with Gasteiger partial charge in [0.1, 0.15) is 0 Å². The Labute approximate surface area is 163 Å². The van der Waals surface area contributed by atoms with Crippen molar-refractivity contribution >= 4 is 55.1 Å². The highest BCUT2D eigenvalue weighted by atomic mass is 79.9. The molecule has 0 saturated heterocycles. The first-order valence-electron chi connectivity index (χ1n) is 7.14. The Kier molecular flexibility index (Phi) is 6.40. The number of rotatable bonds is 5. The molecule has 138 valence electrons. The average molecular weight is 462 g/mol. The Bertz CT molecular complexity index is 979. The zero-order chi connectivity index (χ0) is 19.5. The normalized spacial score (nSPS) is 11.1. The number of hydrogen-bond acceptors (Lipinski definition) is 5. The summed E-state index contributed by atoms with van der Waals surface area (Å²) in [7, 11) is -3.98. The van der Waals surface area contributed by atoms with Crippen molar-refractivity contribution in [3.8, 4) is 0 Å². The monoisotopic (exact) mass is 460 g/mol. The van der Waals surface area contributed by atoms with Crippen LogP contribution in [0.5, 0.6) is 0 Å². The Hall–Kier alpha value is -1.94. The fraction of sp³-hybridized carbons (Fsp3) is 0.125. The van der Waals surface area contributed by atoms with Gasteiger partial charge in [-0.3, -0.25) is 4.79 Å². The van der Waals surface area contributed by atoms with Crippen LogP contribution >= 0.6 is 27.5 Å². The molecule has 0 heterocycles. The fourth-order valence-electron chi connectivity index (χ4n) is 1.98. The molecule has 0 aliphatic heterocycles. The van der Waals surface area contributed by atoms with Gasteiger partial charge < -0.3 is 10.1 Å². The maximum Gasteiger partial charge on any atom is 0.339 e. The molecule has 0 atom stereocenters. The third-order valence-electron chi connectivity index (χ3n) is 3.36. The molecule has 0 unspecified atom stereocenters. The number of carbonyl (C=O) groups excluding carboxylic acids is 2. The zero-order valence-corrected chi connectivity index (χ0v) is 16.6. The lowest BCUT2D eigenvalue weighted by Crippen LogP contribution is -2.22. The van der Waals surface area contributed by atoms with E-state index in [0.29, 0.717) is 20.7 Å². The third-order valence-corrected chi connectivity index (χ3v) is 5.37. The summed E-state index contributed by atoms with van der Waals surface area (Å²) in [4.78, 5) is 23.9. The van der Waals surface area contributed by atoms with Gasteiger partial charge in [-0.2, -0.15) is 0 Å². The van der Waals surface area contributed by atoms with Crippen molar-refractivity contribution in [3.63, 3.8) is 0 Å². The Balaban J connectivity index is 2.07. The van der Waals surface area contributed by atoms with Crippen LogP contribution in [0.4, 0.5) is 5.69 Å². The van der Waals surface area contributed by atoms with E-state index >= 15 is 0 Å². The van der Waals surface area contributed by atoms with Crippen LogP contribution in [-0.4, -0.2) is 26.9 Å². The lowest BCUT2D eigenvalue weighted by molar-refractivity contribution is -0.119. The van der Waals surface area contributed by atoms with Gasteiger partial charge in [-0.1, -0.05) is 17.7 Å². The average Bonchev–Trinajstić information content (AvgIpc) is 2.56. The number of halogens is 2. The van der Waals surface area contributed by atoms with E-state index in [1.807, 2.05) is 0 Å². The summed E-state index contributed by atoms with van der Waals surface area (Å²) < 4.78 is 28.0. The van der Waals surface area contributed by atoms with Gasteiger partial charge >= 0.3 is 5.97 Å². The van der Waals surface area contributed by atoms with Crippen LogP contribution in [0.25, 0.3) is 0 Å². The van der Waals surface area contributed by atoms with Crippen LogP contribution in [-0.2, 0) is 19.6 Å². The quantitative estimate of drug-likeness (QED) is 0.664. The largest absolute Gasteiger partial charge is 0.452 e. The van der Waals surface area contributed by atoms with Gasteiger partial charge in [-0.05, 0) is 58.7 Å². The molecule has 7 nitrogen and oxygen atoms in total. The number of benzene rings is 2. The lowest BCUT2D eigenvalue weighted by atomic mass is 10.2. The summed E-state index contributed by atoms with van der Waals surface area (Å²) in [5, 5.41) is 8.11. The van der Waals surface area contributed by atoms with Gasteiger partial charge in [-0.15, -0.1) is 0 Å². The van der Waals surface area contributed by atoms with E-state index in [1.165, 1.54) is 12.1 Å². The number of sulfonamides is 1. The van der Waals surface area contributed by atoms with Crippen LogP contribution in [0.15, 0.2) is 45.8 Å². The van der Waals surface area contributed by atoms with Crippen molar-refractivity contribution in [1.29, 1.82) is 0 Å². The van der Waals surface area contributed by atoms with Gasteiger partial charge in [0.2, 0.25) is 10.0 Å². The second-order valence-electron chi connectivity index (χ2n) is 5.22. The second kappa shape index (κ2) is 8.17. The van der Waals surface area contributed by atoms with Crippen molar-refractivity contribution in [3.05, 3.63) is 57.0 Å². The molecular formula is C16H14BrClN2O5S. The van der Waals surface area contributed by atoms with Crippen LogP contribution < -0.4 is 10.5 Å². The first kappa shape index (κ1) is 20.4. The number of hydrogen-bond donors (Lipinski definition) is 2. The molecule has 0 spiro atoms. The van der Waals surface area contributed by atoms with Crippen LogP contribution in [0.2, 0.25) is 5.02 Å². The first-order chi connectivity index (χ1) is 12.1. The molecule has 0 fully saturated rings. The molecular weight excluding hydrogens is 448 g/mol. The summed E-state index contributed by atoms with van der Waals surface area (Å²) in [5.41, 5.74) is 1.11. The van der Waals surface area contributed by atoms with Crippen molar-refractivity contribution in [1.82, 2.24) is 0 Å². The number of carbonyl (C=O) groups is 2. The predicted octanol–water partition coefficient (Wildman–Crippen LogP) is 2.85. The van der Waals surface area contributed by atoms with E-state index in [2.05, 4.69) is 21.2 Å². The van der Waals surface area contributed by atoms with Crippen LogP contribution in [0.3, 0.4) is 0 Å². The highest BCUT2D eigenvalue weighted by molar-refractivity contribution is 9.10. The van der Waals surface area contributed by atoms with E-state index in [1.54, 1.807) is 25.1 Å². The van der Waals surface area contributed by atoms with Gasteiger partial charge in [0, 0.05) is 15.2 Å². The minimum atomic E-state index is -3.98. The van der Waals surface area contributed by atoms with Gasteiger partial charge in [0.05, 0.1) is 10.5 Å². The zero-order valence-electron chi connectivity index (χ0n) is 13.5. The molecule has 2 rings (SSSR count). The number of nitrogens with two attached hydrogens (primary N) is 1. The Morgan fingerprint density at radius 1 is 1.27 bits per heavy atom. The number of anilines is 1. The van der Waals surface area contributed by atoms with E-state index in [9.17, 15) is 18.0 Å².